The minimum absolute atomic E-state index is 0.188. The molecule has 8 nitrogen and oxygen atoms in total. The van der Waals surface area contributed by atoms with Gasteiger partial charge >= 0.3 is 0 Å². The Balaban J connectivity index is 1.56. The first kappa shape index (κ1) is 24.3. The van der Waals surface area contributed by atoms with E-state index in [2.05, 4.69) is 15.8 Å². The standard InChI is InChI=1S/C26H27N3O5/c1-18(20-9-5-4-6-10-20)28-26(31)21-11-7-8-12-22(21)29-25(30)17-34-27-16-19-13-14-23(32-2)24(15-19)33-3/h4-16,18H,17H2,1-3H3,(H,28,31)(H,29,30)/b27-16+. The number of amides is 2. The van der Waals surface area contributed by atoms with E-state index in [0.29, 0.717) is 28.3 Å². The molecule has 0 bridgehead atoms. The summed E-state index contributed by atoms with van der Waals surface area (Å²) in [6.45, 7) is 1.58. The minimum atomic E-state index is -0.444. The summed E-state index contributed by atoms with van der Waals surface area (Å²) in [5, 5.41) is 9.47. The summed E-state index contributed by atoms with van der Waals surface area (Å²) in [4.78, 5) is 30.3. The van der Waals surface area contributed by atoms with Gasteiger partial charge in [0.1, 0.15) is 0 Å². The summed E-state index contributed by atoms with van der Waals surface area (Å²) in [5.74, 6) is 0.418. The van der Waals surface area contributed by atoms with Crippen LogP contribution >= 0.6 is 0 Å². The molecule has 2 N–H and O–H groups in total. The van der Waals surface area contributed by atoms with Crippen molar-refractivity contribution in [2.24, 2.45) is 5.16 Å². The molecule has 0 fully saturated rings. The zero-order chi connectivity index (χ0) is 24.3. The third kappa shape index (κ3) is 6.59. The average molecular weight is 462 g/mol. The maximum atomic E-state index is 12.8. The van der Waals surface area contributed by atoms with Crippen molar-refractivity contribution in [2.75, 3.05) is 26.1 Å². The average Bonchev–Trinajstić information content (AvgIpc) is 2.87. The molecule has 0 aliphatic carbocycles. The Kier molecular flexibility index (Phi) is 8.62. The molecule has 0 saturated heterocycles. The topological polar surface area (TPSA) is 98.3 Å². The van der Waals surface area contributed by atoms with Gasteiger partial charge in [-0.15, -0.1) is 0 Å². The molecule has 0 heterocycles. The molecule has 3 aromatic carbocycles. The maximum Gasteiger partial charge on any atom is 0.265 e. The van der Waals surface area contributed by atoms with Crippen LogP contribution in [0.5, 0.6) is 11.5 Å². The molecule has 8 heteroatoms. The number of hydrogen-bond acceptors (Lipinski definition) is 6. The quantitative estimate of drug-likeness (QED) is 0.349. The predicted octanol–water partition coefficient (Wildman–Crippen LogP) is 4.18. The second-order valence-corrected chi connectivity index (χ2v) is 7.32. The first-order valence-corrected chi connectivity index (χ1v) is 10.6. The van der Waals surface area contributed by atoms with Gasteiger partial charge in [-0.1, -0.05) is 47.6 Å². The highest BCUT2D eigenvalue weighted by Gasteiger charge is 2.16. The van der Waals surface area contributed by atoms with Gasteiger partial charge in [0, 0.05) is 5.56 Å². The normalized spacial score (nSPS) is 11.5. The molecule has 0 aromatic heterocycles. The minimum Gasteiger partial charge on any atom is -0.493 e. The van der Waals surface area contributed by atoms with Crippen molar-refractivity contribution < 1.29 is 23.9 Å². The number of rotatable bonds is 10. The van der Waals surface area contributed by atoms with Gasteiger partial charge < -0.3 is 24.9 Å². The maximum absolute atomic E-state index is 12.8. The lowest BCUT2D eigenvalue weighted by molar-refractivity contribution is -0.120. The van der Waals surface area contributed by atoms with E-state index in [4.69, 9.17) is 14.3 Å². The van der Waals surface area contributed by atoms with Crippen molar-refractivity contribution in [1.29, 1.82) is 0 Å². The van der Waals surface area contributed by atoms with Gasteiger partial charge in [-0.05, 0) is 42.8 Å². The number of para-hydroxylation sites is 1. The Morgan fingerprint density at radius 3 is 2.38 bits per heavy atom. The fraction of sp³-hybridized carbons (Fsp3) is 0.192. The Bertz CT molecular complexity index is 1150. The fourth-order valence-electron chi connectivity index (χ4n) is 3.20. The number of benzene rings is 3. The molecule has 2 amide bonds. The Morgan fingerprint density at radius 2 is 1.65 bits per heavy atom. The molecule has 0 aliphatic heterocycles. The summed E-state index contributed by atoms with van der Waals surface area (Å²) in [6, 6.07) is 21.5. The summed E-state index contributed by atoms with van der Waals surface area (Å²) >= 11 is 0. The number of oxime groups is 1. The van der Waals surface area contributed by atoms with Crippen LogP contribution in [0.15, 0.2) is 78.0 Å². The summed E-state index contributed by atoms with van der Waals surface area (Å²) in [6.07, 6.45) is 1.46. The van der Waals surface area contributed by atoms with Gasteiger partial charge in [-0.3, -0.25) is 9.59 Å². The third-order valence-electron chi connectivity index (χ3n) is 4.97. The van der Waals surface area contributed by atoms with Crippen LogP contribution in [0.2, 0.25) is 0 Å². The number of nitrogens with one attached hydrogen (secondary N) is 2. The summed E-state index contributed by atoms with van der Waals surface area (Å²) in [5.41, 5.74) is 2.44. The number of carbonyl (C=O) groups is 2. The summed E-state index contributed by atoms with van der Waals surface area (Å²) in [7, 11) is 3.10. The lowest BCUT2D eigenvalue weighted by atomic mass is 10.1. The Morgan fingerprint density at radius 1 is 0.941 bits per heavy atom. The molecule has 1 unspecified atom stereocenters. The first-order chi connectivity index (χ1) is 16.5. The monoisotopic (exact) mass is 461 g/mol. The Labute approximate surface area is 198 Å². The van der Waals surface area contributed by atoms with Crippen LogP contribution in [0.3, 0.4) is 0 Å². The van der Waals surface area contributed by atoms with Crippen LogP contribution in [-0.2, 0) is 9.63 Å². The molecule has 0 radical (unpaired) electrons. The van der Waals surface area contributed by atoms with E-state index in [-0.39, 0.29) is 18.6 Å². The van der Waals surface area contributed by atoms with Crippen LogP contribution < -0.4 is 20.1 Å². The number of hydrogen-bond donors (Lipinski definition) is 2. The van der Waals surface area contributed by atoms with E-state index in [9.17, 15) is 9.59 Å². The zero-order valence-electron chi connectivity index (χ0n) is 19.3. The molecular weight excluding hydrogens is 434 g/mol. The zero-order valence-corrected chi connectivity index (χ0v) is 19.3. The molecule has 3 aromatic rings. The molecule has 34 heavy (non-hydrogen) atoms. The molecule has 0 aliphatic rings. The molecular formula is C26H27N3O5. The van der Waals surface area contributed by atoms with Gasteiger partial charge in [-0.25, -0.2) is 0 Å². The smallest absolute Gasteiger partial charge is 0.265 e. The van der Waals surface area contributed by atoms with Crippen molar-refractivity contribution in [3.8, 4) is 11.5 Å². The van der Waals surface area contributed by atoms with Crippen molar-refractivity contribution in [1.82, 2.24) is 5.32 Å². The molecule has 1 atom stereocenters. The third-order valence-corrected chi connectivity index (χ3v) is 4.97. The lowest BCUT2D eigenvalue weighted by Crippen LogP contribution is -2.28. The second kappa shape index (κ2) is 12.1. The van der Waals surface area contributed by atoms with Gasteiger partial charge in [0.2, 0.25) is 0 Å². The predicted molar refractivity (Wildman–Crippen MR) is 130 cm³/mol. The van der Waals surface area contributed by atoms with Crippen LogP contribution in [0.1, 0.15) is 34.5 Å². The van der Waals surface area contributed by atoms with Crippen LogP contribution in [-0.4, -0.2) is 38.9 Å². The highest BCUT2D eigenvalue weighted by atomic mass is 16.6. The van der Waals surface area contributed by atoms with Crippen LogP contribution in [0.25, 0.3) is 0 Å². The Hall–Kier alpha value is -4.33. The number of nitrogens with zero attached hydrogens (tertiary/aromatic N) is 1. The largest absolute Gasteiger partial charge is 0.493 e. The van der Waals surface area contributed by atoms with Crippen molar-refractivity contribution in [2.45, 2.75) is 13.0 Å². The van der Waals surface area contributed by atoms with Crippen LogP contribution in [0.4, 0.5) is 5.69 Å². The fourth-order valence-corrected chi connectivity index (χ4v) is 3.20. The van der Waals surface area contributed by atoms with E-state index >= 15 is 0 Å². The molecule has 0 spiro atoms. The van der Waals surface area contributed by atoms with E-state index in [1.54, 1.807) is 56.7 Å². The van der Waals surface area contributed by atoms with Crippen LogP contribution in [0, 0.1) is 0 Å². The highest BCUT2D eigenvalue weighted by Crippen LogP contribution is 2.26. The van der Waals surface area contributed by atoms with E-state index in [0.717, 1.165) is 5.56 Å². The molecule has 0 saturated carbocycles. The number of carbonyl (C=O) groups excluding carboxylic acids is 2. The number of anilines is 1. The summed E-state index contributed by atoms with van der Waals surface area (Å²) < 4.78 is 10.4. The molecule has 3 rings (SSSR count). The second-order valence-electron chi connectivity index (χ2n) is 7.32. The first-order valence-electron chi connectivity index (χ1n) is 10.6. The van der Waals surface area contributed by atoms with E-state index in [1.807, 2.05) is 37.3 Å². The van der Waals surface area contributed by atoms with E-state index in [1.165, 1.54) is 6.21 Å². The highest BCUT2D eigenvalue weighted by molar-refractivity contribution is 6.04. The van der Waals surface area contributed by atoms with Gasteiger partial charge in [0.25, 0.3) is 11.8 Å². The lowest BCUT2D eigenvalue weighted by Gasteiger charge is -2.16. The number of ether oxygens (including phenoxy) is 2. The van der Waals surface area contributed by atoms with Crippen molar-refractivity contribution >= 4 is 23.7 Å². The van der Waals surface area contributed by atoms with Gasteiger partial charge in [0.15, 0.2) is 18.1 Å². The number of methoxy groups -OCH3 is 2. The van der Waals surface area contributed by atoms with Gasteiger partial charge in [-0.2, -0.15) is 0 Å². The van der Waals surface area contributed by atoms with Crippen molar-refractivity contribution in [3.05, 3.63) is 89.5 Å². The van der Waals surface area contributed by atoms with Gasteiger partial charge in [0.05, 0.1) is 37.7 Å². The van der Waals surface area contributed by atoms with Crippen molar-refractivity contribution in [3.63, 3.8) is 0 Å². The molecule has 176 valence electrons. The van der Waals surface area contributed by atoms with E-state index < -0.39 is 5.91 Å². The SMILES string of the molecule is COc1ccc(/C=N/OCC(=O)Nc2ccccc2C(=O)NC(C)c2ccccc2)cc1OC.